The molecule has 0 spiro atoms. The maximum absolute atomic E-state index is 12.2. The van der Waals surface area contributed by atoms with Crippen molar-refractivity contribution in [3.8, 4) is 0 Å². The molecule has 1 N–H and O–H groups in total. The maximum atomic E-state index is 12.2. The van der Waals surface area contributed by atoms with Crippen LogP contribution >= 0.6 is 0 Å². The van der Waals surface area contributed by atoms with E-state index >= 15 is 0 Å². The van der Waals surface area contributed by atoms with Crippen LogP contribution in [0, 0.1) is 0 Å². The lowest BCUT2D eigenvalue weighted by Gasteiger charge is -2.11. The SMILES string of the molecule is O=C(C=Cc1c[nH]c2cc(/C=C/C(=O)N3CCCC3)ccc12)N1CCCC1. The number of amides is 2. The van der Waals surface area contributed by atoms with E-state index in [-0.39, 0.29) is 11.8 Å². The molecule has 0 bridgehead atoms. The summed E-state index contributed by atoms with van der Waals surface area (Å²) in [6, 6.07) is 6.07. The molecular weight excluding hydrogens is 338 g/mol. The van der Waals surface area contributed by atoms with E-state index in [4.69, 9.17) is 0 Å². The Kier molecular flexibility index (Phi) is 5.10. The molecular formula is C22H25N3O2. The monoisotopic (exact) mass is 363 g/mol. The first-order valence-electron chi connectivity index (χ1n) is 9.76. The highest BCUT2D eigenvalue weighted by atomic mass is 16.2. The molecule has 3 heterocycles. The number of nitrogens with zero attached hydrogens (tertiary/aromatic N) is 2. The number of hydrogen-bond acceptors (Lipinski definition) is 2. The zero-order chi connectivity index (χ0) is 18.6. The van der Waals surface area contributed by atoms with Gasteiger partial charge in [-0.05, 0) is 55.0 Å². The summed E-state index contributed by atoms with van der Waals surface area (Å²) in [4.78, 5) is 31.3. The van der Waals surface area contributed by atoms with Gasteiger partial charge in [-0.2, -0.15) is 0 Å². The molecule has 4 rings (SSSR count). The fraction of sp³-hybridized carbons (Fsp3) is 0.364. The van der Waals surface area contributed by atoms with Crippen molar-refractivity contribution in [3.63, 3.8) is 0 Å². The average Bonchev–Trinajstić information content (AvgIpc) is 3.45. The summed E-state index contributed by atoms with van der Waals surface area (Å²) in [6.07, 6.45) is 13.4. The van der Waals surface area contributed by atoms with Crippen molar-refractivity contribution in [2.45, 2.75) is 25.7 Å². The van der Waals surface area contributed by atoms with Crippen molar-refractivity contribution in [2.24, 2.45) is 0 Å². The van der Waals surface area contributed by atoms with E-state index in [1.165, 1.54) is 0 Å². The lowest BCUT2D eigenvalue weighted by Crippen LogP contribution is -2.25. The Morgan fingerprint density at radius 2 is 1.44 bits per heavy atom. The minimum atomic E-state index is 0.0850. The van der Waals surface area contributed by atoms with Crippen LogP contribution in [0.3, 0.4) is 0 Å². The lowest BCUT2D eigenvalue weighted by atomic mass is 10.1. The quantitative estimate of drug-likeness (QED) is 0.846. The summed E-state index contributed by atoms with van der Waals surface area (Å²) in [5, 5.41) is 1.07. The Labute approximate surface area is 159 Å². The van der Waals surface area contributed by atoms with Crippen molar-refractivity contribution in [3.05, 3.63) is 47.7 Å². The van der Waals surface area contributed by atoms with Crippen molar-refractivity contribution in [1.82, 2.24) is 14.8 Å². The third kappa shape index (κ3) is 3.97. The van der Waals surface area contributed by atoms with Gasteiger partial charge in [0.05, 0.1) is 0 Å². The van der Waals surface area contributed by atoms with Gasteiger partial charge in [0, 0.05) is 55.4 Å². The highest BCUT2D eigenvalue weighted by Gasteiger charge is 2.16. The topological polar surface area (TPSA) is 56.4 Å². The van der Waals surface area contributed by atoms with Gasteiger partial charge in [0.25, 0.3) is 0 Å². The van der Waals surface area contributed by atoms with Gasteiger partial charge in [0.15, 0.2) is 0 Å². The van der Waals surface area contributed by atoms with E-state index in [2.05, 4.69) is 4.98 Å². The molecule has 2 amide bonds. The summed E-state index contributed by atoms with van der Waals surface area (Å²) >= 11 is 0. The predicted octanol–water partition coefficient (Wildman–Crippen LogP) is 3.44. The van der Waals surface area contributed by atoms with Gasteiger partial charge in [0.2, 0.25) is 11.8 Å². The van der Waals surface area contributed by atoms with Crippen molar-refractivity contribution in [2.75, 3.05) is 26.2 Å². The minimum Gasteiger partial charge on any atom is -0.361 e. The van der Waals surface area contributed by atoms with Crippen molar-refractivity contribution in [1.29, 1.82) is 0 Å². The van der Waals surface area contributed by atoms with Gasteiger partial charge in [-0.3, -0.25) is 9.59 Å². The number of hydrogen-bond donors (Lipinski definition) is 1. The second kappa shape index (κ2) is 7.82. The van der Waals surface area contributed by atoms with Crippen LogP contribution in [-0.2, 0) is 9.59 Å². The van der Waals surface area contributed by atoms with Gasteiger partial charge in [-0.15, -0.1) is 0 Å². The van der Waals surface area contributed by atoms with E-state index in [1.54, 1.807) is 12.2 Å². The molecule has 140 valence electrons. The molecule has 5 nitrogen and oxygen atoms in total. The standard InChI is InChI=1S/C22H25N3O2/c26-21(24-11-1-2-12-24)9-6-17-5-8-19-18(16-23-20(19)15-17)7-10-22(27)25-13-3-4-14-25/h5-10,15-16,23H,1-4,11-14H2/b9-6+,10-7?. The van der Waals surface area contributed by atoms with Crippen LogP contribution in [0.2, 0.25) is 0 Å². The maximum Gasteiger partial charge on any atom is 0.246 e. The van der Waals surface area contributed by atoms with E-state index in [0.717, 1.165) is 73.9 Å². The van der Waals surface area contributed by atoms with E-state index in [9.17, 15) is 9.59 Å². The van der Waals surface area contributed by atoms with Crippen LogP contribution in [0.15, 0.2) is 36.5 Å². The Morgan fingerprint density at radius 3 is 2.07 bits per heavy atom. The van der Waals surface area contributed by atoms with Crippen LogP contribution in [-0.4, -0.2) is 52.8 Å². The molecule has 2 fully saturated rings. The molecule has 0 aliphatic carbocycles. The van der Waals surface area contributed by atoms with E-state index in [0.29, 0.717) is 0 Å². The molecule has 0 atom stereocenters. The number of rotatable bonds is 4. The average molecular weight is 363 g/mol. The van der Waals surface area contributed by atoms with Crippen LogP contribution < -0.4 is 0 Å². The first-order chi connectivity index (χ1) is 13.2. The van der Waals surface area contributed by atoms with Gasteiger partial charge in [0.1, 0.15) is 0 Å². The van der Waals surface area contributed by atoms with Gasteiger partial charge in [-0.25, -0.2) is 0 Å². The van der Waals surface area contributed by atoms with Crippen LogP contribution in [0.1, 0.15) is 36.8 Å². The molecule has 0 radical (unpaired) electrons. The zero-order valence-corrected chi connectivity index (χ0v) is 15.5. The zero-order valence-electron chi connectivity index (χ0n) is 15.5. The Bertz CT molecular complexity index is 897. The van der Waals surface area contributed by atoms with E-state index < -0.39 is 0 Å². The molecule has 2 aliphatic heterocycles. The van der Waals surface area contributed by atoms with Gasteiger partial charge >= 0.3 is 0 Å². The highest BCUT2D eigenvalue weighted by molar-refractivity contribution is 5.97. The number of benzene rings is 1. The number of likely N-dealkylation sites (tertiary alicyclic amines) is 2. The summed E-state index contributed by atoms with van der Waals surface area (Å²) in [5.41, 5.74) is 2.99. The van der Waals surface area contributed by atoms with Gasteiger partial charge < -0.3 is 14.8 Å². The number of H-pyrrole nitrogens is 1. The molecule has 1 aromatic heterocycles. The Balaban J connectivity index is 1.46. The molecule has 2 saturated heterocycles. The third-order valence-electron chi connectivity index (χ3n) is 5.40. The fourth-order valence-electron chi connectivity index (χ4n) is 3.82. The number of aromatic nitrogens is 1. The van der Waals surface area contributed by atoms with Crippen molar-refractivity contribution < 1.29 is 9.59 Å². The first kappa shape index (κ1) is 17.6. The summed E-state index contributed by atoms with van der Waals surface area (Å²) in [5.74, 6) is 0.171. The van der Waals surface area contributed by atoms with Crippen LogP contribution in [0.25, 0.3) is 23.1 Å². The molecule has 5 heteroatoms. The normalized spacial score (nSPS) is 17.8. The number of carbonyl (C=O) groups is 2. The third-order valence-corrected chi connectivity index (χ3v) is 5.40. The molecule has 2 aromatic rings. The predicted molar refractivity (Wildman–Crippen MR) is 108 cm³/mol. The number of carbonyl (C=O) groups excluding carboxylic acids is 2. The first-order valence-corrected chi connectivity index (χ1v) is 9.76. The van der Waals surface area contributed by atoms with Crippen molar-refractivity contribution >= 4 is 34.9 Å². The summed E-state index contributed by atoms with van der Waals surface area (Å²) in [7, 11) is 0. The second-order valence-electron chi connectivity index (χ2n) is 7.28. The number of nitrogens with one attached hydrogen (secondary N) is 1. The Hall–Kier alpha value is -2.82. The van der Waals surface area contributed by atoms with Crippen LogP contribution in [0.5, 0.6) is 0 Å². The molecule has 27 heavy (non-hydrogen) atoms. The highest BCUT2D eigenvalue weighted by Crippen LogP contribution is 2.22. The second-order valence-corrected chi connectivity index (χ2v) is 7.28. The van der Waals surface area contributed by atoms with Gasteiger partial charge in [-0.1, -0.05) is 12.1 Å². The van der Waals surface area contributed by atoms with E-state index in [1.807, 2.05) is 46.3 Å². The molecule has 0 saturated carbocycles. The molecule has 0 unspecified atom stereocenters. The fourth-order valence-corrected chi connectivity index (χ4v) is 3.82. The summed E-state index contributed by atoms with van der Waals surface area (Å²) < 4.78 is 0. The smallest absolute Gasteiger partial charge is 0.246 e. The number of aromatic amines is 1. The number of fused-ring (bicyclic) bond motifs is 1. The largest absolute Gasteiger partial charge is 0.361 e. The Morgan fingerprint density at radius 1 is 0.852 bits per heavy atom. The lowest BCUT2D eigenvalue weighted by molar-refractivity contribution is -0.125. The molecule has 1 aromatic carbocycles. The molecule has 2 aliphatic rings. The minimum absolute atomic E-state index is 0.0850. The van der Waals surface area contributed by atoms with Crippen LogP contribution in [0.4, 0.5) is 0 Å². The summed E-state index contributed by atoms with van der Waals surface area (Å²) in [6.45, 7) is 3.46.